The van der Waals surface area contributed by atoms with E-state index in [-0.39, 0.29) is 6.03 Å². The molecule has 1 heterocycles. The molecule has 0 fully saturated rings. The van der Waals surface area contributed by atoms with Gasteiger partial charge in [-0.2, -0.15) is 0 Å². The zero-order valence-electron chi connectivity index (χ0n) is 13.2. The zero-order chi connectivity index (χ0) is 17.3. The number of para-hydroxylation sites is 2. The van der Waals surface area contributed by atoms with Crippen LogP contribution in [0, 0.1) is 0 Å². The van der Waals surface area contributed by atoms with E-state index in [9.17, 15) is 4.79 Å². The highest BCUT2D eigenvalue weighted by molar-refractivity contribution is 8.01. The van der Waals surface area contributed by atoms with Gasteiger partial charge in [-0.3, -0.25) is 5.32 Å². The molecule has 0 aliphatic rings. The van der Waals surface area contributed by atoms with Gasteiger partial charge in [0.05, 0.1) is 6.61 Å². The lowest BCUT2D eigenvalue weighted by Gasteiger charge is -2.04. The Labute approximate surface area is 153 Å². The van der Waals surface area contributed by atoms with Crippen molar-refractivity contribution in [1.82, 2.24) is 10.2 Å². The minimum Gasteiger partial charge on any atom is -0.493 e. The Hall–Kier alpha value is -2.58. The van der Waals surface area contributed by atoms with Crippen LogP contribution in [0.5, 0.6) is 5.75 Å². The SMILES string of the molecule is O=C(Nc1ccccc1)Nc1nnc(SCCOc2ccccc2)s1. The number of anilines is 2. The first-order chi connectivity index (χ1) is 12.3. The maximum Gasteiger partial charge on any atom is 0.325 e. The van der Waals surface area contributed by atoms with Crippen molar-refractivity contribution in [3.63, 3.8) is 0 Å². The molecule has 0 atom stereocenters. The van der Waals surface area contributed by atoms with Crippen molar-refractivity contribution in [3.8, 4) is 5.75 Å². The van der Waals surface area contributed by atoms with Gasteiger partial charge in [-0.25, -0.2) is 4.79 Å². The van der Waals surface area contributed by atoms with Crippen LogP contribution in [-0.4, -0.2) is 28.6 Å². The highest BCUT2D eigenvalue weighted by Gasteiger charge is 2.08. The lowest BCUT2D eigenvalue weighted by atomic mass is 10.3. The Morgan fingerprint density at radius 1 is 1.00 bits per heavy atom. The van der Waals surface area contributed by atoms with E-state index in [1.807, 2.05) is 60.7 Å². The molecule has 0 aliphatic heterocycles. The molecule has 6 nitrogen and oxygen atoms in total. The van der Waals surface area contributed by atoms with Gasteiger partial charge in [0.1, 0.15) is 5.75 Å². The average Bonchev–Trinajstić information content (AvgIpc) is 3.07. The normalized spacial score (nSPS) is 10.2. The molecule has 128 valence electrons. The van der Waals surface area contributed by atoms with Crippen LogP contribution in [0.1, 0.15) is 0 Å². The minimum absolute atomic E-state index is 0.341. The fraction of sp³-hybridized carbons (Fsp3) is 0.118. The first kappa shape index (κ1) is 17.2. The number of carbonyl (C=O) groups excluding carboxylic acids is 1. The number of carbonyl (C=O) groups is 1. The molecule has 8 heteroatoms. The molecule has 2 aromatic carbocycles. The molecule has 3 aromatic rings. The Balaban J connectivity index is 1.40. The molecule has 0 aliphatic carbocycles. The smallest absolute Gasteiger partial charge is 0.325 e. The predicted molar refractivity (Wildman–Crippen MR) is 102 cm³/mol. The number of hydrogen-bond donors (Lipinski definition) is 2. The summed E-state index contributed by atoms with van der Waals surface area (Å²) in [5.41, 5.74) is 0.720. The van der Waals surface area contributed by atoms with E-state index in [2.05, 4.69) is 20.8 Å². The number of ether oxygens (including phenoxy) is 1. The quantitative estimate of drug-likeness (QED) is 0.366. The van der Waals surface area contributed by atoms with Gasteiger partial charge in [0, 0.05) is 11.4 Å². The fourth-order valence-corrected chi connectivity index (χ4v) is 3.54. The summed E-state index contributed by atoms with van der Waals surface area (Å²) in [4.78, 5) is 11.9. The zero-order valence-corrected chi connectivity index (χ0v) is 14.8. The largest absolute Gasteiger partial charge is 0.493 e. The second-order valence-corrected chi connectivity index (χ2v) is 7.15. The van der Waals surface area contributed by atoms with Crippen LogP contribution < -0.4 is 15.4 Å². The van der Waals surface area contributed by atoms with Crippen molar-refractivity contribution in [2.45, 2.75) is 4.34 Å². The number of hydrogen-bond acceptors (Lipinski definition) is 6. The van der Waals surface area contributed by atoms with Crippen LogP contribution >= 0.6 is 23.1 Å². The highest BCUT2D eigenvalue weighted by atomic mass is 32.2. The first-order valence-electron chi connectivity index (χ1n) is 7.57. The second-order valence-electron chi connectivity index (χ2n) is 4.83. The van der Waals surface area contributed by atoms with Crippen molar-refractivity contribution in [3.05, 3.63) is 60.7 Å². The van der Waals surface area contributed by atoms with E-state index >= 15 is 0 Å². The van der Waals surface area contributed by atoms with Crippen molar-refractivity contribution < 1.29 is 9.53 Å². The van der Waals surface area contributed by atoms with Crippen LogP contribution in [0.25, 0.3) is 0 Å². The van der Waals surface area contributed by atoms with E-state index in [1.165, 1.54) is 23.1 Å². The van der Waals surface area contributed by atoms with Gasteiger partial charge in [-0.1, -0.05) is 59.5 Å². The maximum absolute atomic E-state index is 11.9. The summed E-state index contributed by atoms with van der Waals surface area (Å²) in [6.45, 7) is 0.575. The van der Waals surface area contributed by atoms with E-state index < -0.39 is 0 Å². The van der Waals surface area contributed by atoms with Crippen LogP contribution in [0.15, 0.2) is 65.0 Å². The fourth-order valence-electron chi connectivity index (χ4n) is 1.90. The molecule has 0 saturated carbocycles. The topological polar surface area (TPSA) is 76.1 Å². The summed E-state index contributed by atoms with van der Waals surface area (Å²) >= 11 is 2.87. The van der Waals surface area contributed by atoms with Gasteiger partial charge in [0.15, 0.2) is 4.34 Å². The highest BCUT2D eigenvalue weighted by Crippen LogP contribution is 2.25. The number of aromatic nitrogens is 2. The summed E-state index contributed by atoms with van der Waals surface area (Å²) in [6.07, 6.45) is 0. The Bertz CT molecular complexity index is 797. The Morgan fingerprint density at radius 2 is 1.72 bits per heavy atom. The summed E-state index contributed by atoms with van der Waals surface area (Å²) in [5, 5.41) is 13.9. The third-order valence-electron chi connectivity index (χ3n) is 2.98. The number of rotatable bonds is 7. The van der Waals surface area contributed by atoms with Gasteiger partial charge < -0.3 is 10.1 Å². The Morgan fingerprint density at radius 3 is 2.48 bits per heavy atom. The third-order valence-corrected chi connectivity index (χ3v) is 4.92. The number of nitrogens with one attached hydrogen (secondary N) is 2. The summed E-state index contributed by atoms with van der Waals surface area (Å²) < 4.78 is 6.41. The van der Waals surface area contributed by atoms with Crippen molar-refractivity contribution in [2.24, 2.45) is 0 Å². The third kappa shape index (κ3) is 5.77. The van der Waals surface area contributed by atoms with Gasteiger partial charge in [-0.15, -0.1) is 10.2 Å². The van der Waals surface area contributed by atoms with Gasteiger partial charge in [0.2, 0.25) is 5.13 Å². The van der Waals surface area contributed by atoms with Crippen molar-refractivity contribution in [2.75, 3.05) is 23.0 Å². The van der Waals surface area contributed by atoms with Crippen molar-refractivity contribution in [1.29, 1.82) is 0 Å². The van der Waals surface area contributed by atoms with Crippen molar-refractivity contribution >= 4 is 39.9 Å². The van der Waals surface area contributed by atoms with E-state index in [1.54, 1.807) is 0 Å². The predicted octanol–water partition coefficient (Wildman–Crippen LogP) is 4.35. The van der Waals surface area contributed by atoms with Crippen LogP contribution in [0.2, 0.25) is 0 Å². The molecular formula is C17H16N4O2S2. The molecule has 2 amide bonds. The van der Waals surface area contributed by atoms with E-state index in [4.69, 9.17) is 4.74 Å². The molecule has 0 spiro atoms. The molecule has 0 saturated heterocycles. The van der Waals surface area contributed by atoms with Gasteiger partial charge in [-0.05, 0) is 24.3 Å². The number of thioether (sulfide) groups is 1. The summed E-state index contributed by atoms with van der Waals surface area (Å²) in [6, 6.07) is 18.5. The van der Waals surface area contributed by atoms with Crippen LogP contribution in [0.3, 0.4) is 0 Å². The molecular weight excluding hydrogens is 356 g/mol. The van der Waals surface area contributed by atoms with Crippen LogP contribution in [0.4, 0.5) is 15.6 Å². The molecule has 2 N–H and O–H groups in total. The number of amides is 2. The molecule has 0 bridgehead atoms. The molecule has 3 rings (SSSR count). The molecule has 0 radical (unpaired) electrons. The first-order valence-corrected chi connectivity index (χ1v) is 9.37. The lowest BCUT2D eigenvalue weighted by molar-refractivity contribution is 0.262. The minimum atomic E-state index is -0.341. The number of benzene rings is 2. The van der Waals surface area contributed by atoms with Gasteiger partial charge in [0.25, 0.3) is 0 Å². The summed E-state index contributed by atoms with van der Waals surface area (Å²) in [5.74, 6) is 1.60. The van der Waals surface area contributed by atoms with E-state index in [0.717, 1.165) is 21.5 Å². The van der Waals surface area contributed by atoms with Crippen LogP contribution in [-0.2, 0) is 0 Å². The molecule has 0 unspecified atom stereocenters. The van der Waals surface area contributed by atoms with Gasteiger partial charge >= 0.3 is 6.03 Å². The average molecular weight is 372 g/mol. The maximum atomic E-state index is 11.9. The standard InChI is InChI=1S/C17H16N4O2S2/c22-15(18-13-7-3-1-4-8-13)19-16-20-21-17(25-16)24-12-11-23-14-9-5-2-6-10-14/h1-10H,11-12H2,(H2,18,19,20,22). The number of urea groups is 1. The monoisotopic (exact) mass is 372 g/mol. The summed E-state index contributed by atoms with van der Waals surface area (Å²) in [7, 11) is 0. The Kier molecular flexibility index (Phi) is 6.24. The molecule has 25 heavy (non-hydrogen) atoms. The second kappa shape index (κ2) is 9.05. The molecule has 1 aromatic heterocycles. The lowest BCUT2D eigenvalue weighted by Crippen LogP contribution is -2.19. The van der Waals surface area contributed by atoms with E-state index in [0.29, 0.717) is 11.7 Å². The number of nitrogens with zero attached hydrogens (tertiary/aromatic N) is 2.